The molecule has 1 N–H and O–H groups in total. The Kier molecular flexibility index (Phi) is 4.41. The molecule has 84 valence electrons. The van der Waals surface area contributed by atoms with E-state index in [0.717, 1.165) is 11.3 Å². The van der Waals surface area contributed by atoms with Crippen LogP contribution in [0.2, 0.25) is 0 Å². The molecule has 1 amide bonds. The van der Waals surface area contributed by atoms with Gasteiger partial charge in [-0.1, -0.05) is 24.0 Å². The van der Waals surface area contributed by atoms with Gasteiger partial charge >= 0.3 is 0 Å². The van der Waals surface area contributed by atoms with Crippen molar-refractivity contribution in [1.29, 1.82) is 0 Å². The second-order valence-electron chi connectivity index (χ2n) is 3.62. The first-order chi connectivity index (χ1) is 7.61. The highest BCUT2D eigenvalue weighted by atomic mass is 16.1. The Morgan fingerprint density at radius 3 is 2.69 bits per heavy atom. The third-order valence-corrected chi connectivity index (χ3v) is 2.03. The maximum Gasteiger partial charge on any atom is 0.217 e. The third kappa shape index (κ3) is 3.66. The molecule has 0 saturated carbocycles. The minimum atomic E-state index is -0.0600. The third-order valence-electron chi connectivity index (χ3n) is 2.03. The predicted octanol–water partition coefficient (Wildman–Crippen LogP) is 1.24. The van der Waals surface area contributed by atoms with E-state index in [2.05, 4.69) is 17.2 Å². The van der Waals surface area contributed by atoms with Crippen LogP contribution in [0.4, 0.5) is 5.69 Å². The van der Waals surface area contributed by atoms with E-state index in [-0.39, 0.29) is 5.91 Å². The highest BCUT2D eigenvalue weighted by Crippen LogP contribution is 2.16. The SMILES string of the molecule is CC(=O)NCC#Cc1ccccc1N(C)C. The van der Waals surface area contributed by atoms with Gasteiger partial charge in [-0.25, -0.2) is 0 Å². The van der Waals surface area contributed by atoms with Crippen molar-refractivity contribution in [3.05, 3.63) is 29.8 Å². The van der Waals surface area contributed by atoms with E-state index in [9.17, 15) is 4.79 Å². The fourth-order valence-electron chi connectivity index (χ4n) is 1.28. The molecule has 0 aliphatic heterocycles. The summed E-state index contributed by atoms with van der Waals surface area (Å²) >= 11 is 0. The number of carbonyl (C=O) groups excluding carboxylic acids is 1. The summed E-state index contributed by atoms with van der Waals surface area (Å²) in [6.45, 7) is 1.87. The van der Waals surface area contributed by atoms with Crippen LogP contribution >= 0.6 is 0 Å². The van der Waals surface area contributed by atoms with Gasteiger partial charge in [0, 0.05) is 26.6 Å². The van der Waals surface area contributed by atoms with Crippen molar-refractivity contribution >= 4 is 11.6 Å². The number of anilines is 1. The lowest BCUT2D eigenvalue weighted by Crippen LogP contribution is -2.19. The van der Waals surface area contributed by atoms with Gasteiger partial charge in [0.05, 0.1) is 12.2 Å². The molecule has 0 heterocycles. The van der Waals surface area contributed by atoms with E-state index in [4.69, 9.17) is 0 Å². The molecule has 0 aliphatic rings. The zero-order valence-electron chi connectivity index (χ0n) is 9.87. The van der Waals surface area contributed by atoms with Gasteiger partial charge in [0.15, 0.2) is 0 Å². The zero-order chi connectivity index (χ0) is 12.0. The van der Waals surface area contributed by atoms with Crippen LogP contribution in [0, 0.1) is 11.8 Å². The van der Waals surface area contributed by atoms with Crippen LogP contribution in [0.3, 0.4) is 0 Å². The van der Waals surface area contributed by atoms with Gasteiger partial charge < -0.3 is 10.2 Å². The lowest BCUT2D eigenvalue weighted by molar-refractivity contribution is -0.118. The van der Waals surface area contributed by atoms with Crippen LogP contribution in [-0.2, 0) is 4.79 Å². The van der Waals surface area contributed by atoms with Crippen molar-refractivity contribution in [3.8, 4) is 11.8 Å². The first kappa shape index (κ1) is 12.1. The number of nitrogens with zero attached hydrogens (tertiary/aromatic N) is 1. The molecule has 0 saturated heterocycles. The lowest BCUT2D eigenvalue weighted by atomic mass is 10.1. The Hall–Kier alpha value is -1.95. The molecule has 0 bridgehead atoms. The predicted molar refractivity (Wildman–Crippen MR) is 66.3 cm³/mol. The highest BCUT2D eigenvalue weighted by molar-refractivity contribution is 5.73. The first-order valence-electron chi connectivity index (χ1n) is 5.11. The fraction of sp³-hybridized carbons (Fsp3) is 0.308. The van der Waals surface area contributed by atoms with Crippen molar-refractivity contribution in [1.82, 2.24) is 5.32 Å². The Labute approximate surface area is 96.5 Å². The molecule has 0 aliphatic carbocycles. The molecule has 0 spiro atoms. The molecule has 0 fully saturated rings. The van der Waals surface area contributed by atoms with Gasteiger partial charge in [0.1, 0.15) is 0 Å². The van der Waals surface area contributed by atoms with Gasteiger partial charge in [-0.2, -0.15) is 0 Å². The molecule has 0 radical (unpaired) electrons. The number of hydrogen-bond acceptors (Lipinski definition) is 2. The minimum absolute atomic E-state index is 0.0600. The normalized spacial score (nSPS) is 8.94. The molecular weight excluding hydrogens is 200 g/mol. The number of carbonyl (C=O) groups is 1. The summed E-state index contributed by atoms with van der Waals surface area (Å²) in [6.07, 6.45) is 0. The van der Waals surface area contributed by atoms with Crippen molar-refractivity contribution < 1.29 is 4.79 Å². The molecule has 1 rings (SSSR count). The van der Waals surface area contributed by atoms with Crippen molar-refractivity contribution in [3.63, 3.8) is 0 Å². The van der Waals surface area contributed by atoms with E-state index < -0.39 is 0 Å². The second-order valence-corrected chi connectivity index (χ2v) is 3.62. The Morgan fingerprint density at radius 1 is 1.38 bits per heavy atom. The van der Waals surface area contributed by atoms with Crippen LogP contribution in [0.25, 0.3) is 0 Å². The first-order valence-corrected chi connectivity index (χ1v) is 5.11. The number of nitrogens with one attached hydrogen (secondary N) is 1. The maximum absolute atomic E-state index is 10.6. The summed E-state index contributed by atoms with van der Waals surface area (Å²) in [6, 6.07) is 7.92. The summed E-state index contributed by atoms with van der Waals surface area (Å²) in [5.41, 5.74) is 2.05. The van der Waals surface area contributed by atoms with Crippen LogP contribution < -0.4 is 10.2 Å². The van der Waals surface area contributed by atoms with Crippen molar-refractivity contribution in [2.75, 3.05) is 25.5 Å². The van der Waals surface area contributed by atoms with Gasteiger partial charge in [0.25, 0.3) is 0 Å². The molecule has 1 aromatic rings. The molecule has 3 heteroatoms. The van der Waals surface area contributed by atoms with Gasteiger partial charge in [-0.3, -0.25) is 4.79 Å². The number of hydrogen-bond donors (Lipinski definition) is 1. The Morgan fingerprint density at radius 2 is 2.06 bits per heavy atom. The largest absolute Gasteiger partial charge is 0.377 e. The van der Waals surface area contributed by atoms with Crippen LogP contribution in [0.15, 0.2) is 24.3 Å². The number of amides is 1. The van der Waals surface area contributed by atoms with E-state index in [1.165, 1.54) is 6.92 Å². The monoisotopic (exact) mass is 216 g/mol. The molecule has 3 nitrogen and oxygen atoms in total. The second kappa shape index (κ2) is 5.82. The minimum Gasteiger partial charge on any atom is -0.377 e. The average molecular weight is 216 g/mol. The number of rotatable bonds is 2. The Bertz CT molecular complexity index is 427. The fourth-order valence-corrected chi connectivity index (χ4v) is 1.28. The van der Waals surface area contributed by atoms with Crippen LogP contribution in [0.5, 0.6) is 0 Å². The summed E-state index contributed by atoms with van der Waals surface area (Å²) in [4.78, 5) is 12.7. The lowest BCUT2D eigenvalue weighted by Gasteiger charge is -2.13. The topological polar surface area (TPSA) is 32.3 Å². The average Bonchev–Trinajstić information content (AvgIpc) is 2.24. The maximum atomic E-state index is 10.6. The quantitative estimate of drug-likeness (QED) is 0.754. The van der Waals surface area contributed by atoms with Crippen molar-refractivity contribution in [2.45, 2.75) is 6.92 Å². The van der Waals surface area contributed by atoms with Gasteiger partial charge in [-0.15, -0.1) is 0 Å². The van der Waals surface area contributed by atoms with E-state index in [0.29, 0.717) is 6.54 Å². The summed E-state index contributed by atoms with van der Waals surface area (Å²) in [5.74, 6) is 5.90. The standard InChI is InChI=1S/C13H16N2O/c1-11(16)14-10-6-8-12-7-4-5-9-13(12)15(2)3/h4-5,7,9H,10H2,1-3H3,(H,14,16). The molecule has 0 atom stereocenters. The van der Waals surface area contributed by atoms with E-state index >= 15 is 0 Å². The molecule has 1 aromatic carbocycles. The highest BCUT2D eigenvalue weighted by Gasteiger charge is 1.99. The van der Waals surface area contributed by atoms with Gasteiger partial charge in [0.2, 0.25) is 5.91 Å². The summed E-state index contributed by atoms with van der Waals surface area (Å²) in [7, 11) is 3.96. The zero-order valence-corrected chi connectivity index (χ0v) is 9.87. The molecule has 0 unspecified atom stereocenters. The Balaban J connectivity index is 2.76. The van der Waals surface area contributed by atoms with Crippen molar-refractivity contribution in [2.24, 2.45) is 0 Å². The van der Waals surface area contributed by atoms with E-state index in [1.807, 2.05) is 43.3 Å². The van der Waals surface area contributed by atoms with E-state index in [1.54, 1.807) is 0 Å². The smallest absolute Gasteiger partial charge is 0.217 e. The number of para-hydroxylation sites is 1. The van der Waals surface area contributed by atoms with Crippen LogP contribution in [-0.4, -0.2) is 26.5 Å². The van der Waals surface area contributed by atoms with Crippen LogP contribution in [0.1, 0.15) is 12.5 Å². The molecule has 0 aromatic heterocycles. The molecule has 16 heavy (non-hydrogen) atoms. The van der Waals surface area contributed by atoms with Gasteiger partial charge in [-0.05, 0) is 12.1 Å². The summed E-state index contributed by atoms with van der Waals surface area (Å²) < 4.78 is 0. The number of benzene rings is 1. The molecular formula is C13H16N2O. The summed E-state index contributed by atoms with van der Waals surface area (Å²) in [5, 5.41) is 2.64.